The number of rotatable bonds is 2. The number of thiazole rings is 1. The number of benzene rings is 2. The fourth-order valence-corrected chi connectivity index (χ4v) is 4.92. The number of nitrogens with zero attached hydrogens (tertiary/aromatic N) is 2. The van der Waals surface area contributed by atoms with E-state index in [2.05, 4.69) is 5.32 Å². The van der Waals surface area contributed by atoms with E-state index in [0.717, 1.165) is 16.8 Å². The summed E-state index contributed by atoms with van der Waals surface area (Å²) in [5, 5.41) is 18.5. The van der Waals surface area contributed by atoms with Crippen LogP contribution < -0.4 is 10.7 Å². The van der Waals surface area contributed by atoms with Gasteiger partial charge in [-0.25, -0.2) is 4.98 Å². The topological polar surface area (TPSA) is 67.1 Å². The average molecular weight is 452 g/mol. The third kappa shape index (κ3) is 3.17. The lowest BCUT2D eigenvalue weighted by Crippen LogP contribution is -2.48. The van der Waals surface area contributed by atoms with Gasteiger partial charge in [-0.2, -0.15) is 0 Å². The minimum absolute atomic E-state index is 0.0930. The molecule has 4 aromatic rings. The number of anilines is 1. The van der Waals surface area contributed by atoms with E-state index < -0.39 is 11.1 Å². The second kappa shape index (κ2) is 6.92. The molecule has 3 heterocycles. The Morgan fingerprint density at radius 3 is 2.58 bits per heavy atom. The van der Waals surface area contributed by atoms with Crippen molar-refractivity contribution < 1.29 is 5.11 Å². The number of para-hydroxylation sites is 1. The van der Waals surface area contributed by atoms with Crippen LogP contribution in [0, 0.1) is 5.41 Å². The van der Waals surface area contributed by atoms with Crippen molar-refractivity contribution in [1.82, 2.24) is 9.55 Å². The molecular formula is C24H22ClN3O2S. The van der Waals surface area contributed by atoms with Gasteiger partial charge in [0.2, 0.25) is 5.43 Å². The van der Waals surface area contributed by atoms with Gasteiger partial charge < -0.3 is 15.0 Å². The predicted octanol–water partition coefficient (Wildman–Crippen LogP) is 5.61. The molecular weight excluding hydrogens is 430 g/mol. The third-order valence-corrected chi connectivity index (χ3v) is 7.10. The molecule has 0 bridgehead atoms. The summed E-state index contributed by atoms with van der Waals surface area (Å²) in [7, 11) is 0. The summed E-state index contributed by atoms with van der Waals surface area (Å²) in [6.07, 6.45) is 0. The van der Waals surface area contributed by atoms with Crippen LogP contribution in [0.4, 0.5) is 5.82 Å². The van der Waals surface area contributed by atoms with Gasteiger partial charge in [-0.05, 0) is 24.3 Å². The molecule has 0 spiro atoms. The molecule has 2 aromatic heterocycles. The van der Waals surface area contributed by atoms with Crippen molar-refractivity contribution in [3.05, 3.63) is 69.2 Å². The Morgan fingerprint density at radius 1 is 1.16 bits per heavy atom. The number of aromatic nitrogens is 2. The normalized spacial score (nSPS) is 18.2. The van der Waals surface area contributed by atoms with Crippen LogP contribution >= 0.6 is 22.9 Å². The first-order chi connectivity index (χ1) is 14.7. The SMILES string of the molecule is CC(C)(C)[C@]1(O)Cn2c(c(-c3nc(-c4ccc(Cl)cc4)cs3)c(=O)c3ccccc32)N1. The first-order valence-corrected chi connectivity index (χ1v) is 11.3. The van der Waals surface area contributed by atoms with Crippen LogP contribution in [0.15, 0.2) is 58.7 Å². The van der Waals surface area contributed by atoms with E-state index in [4.69, 9.17) is 16.6 Å². The molecule has 1 aliphatic rings. The lowest BCUT2D eigenvalue weighted by molar-refractivity contribution is -0.0343. The minimum Gasteiger partial charge on any atom is -0.369 e. The van der Waals surface area contributed by atoms with Crippen LogP contribution in [-0.2, 0) is 6.54 Å². The molecule has 0 amide bonds. The lowest BCUT2D eigenvalue weighted by Gasteiger charge is -2.36. The van der Waals surface area contributed by atoms with Crippen molar-refractivity contribution in [1.29, 1.82) is 0 Å². The van der Waals surface area contributed by atoms with Crippen molar-refractivity contribution in [2.75, 3.05) is 5.32 Å². The molecule has 2 aromatic carbocycles. The zero-order valence-electron chi connectivity index (χ0n) is 17.4. The van der Waals surface area contributed by atoms with Gasteiger partial charge in [-0.15, -0.1) is 11.3 Å². The summed E-state index contributed by atoms with van der Waals surface area (Å²) in [6.45, 7) is 6.28. The van der Waals surface area contributed by atoms with Gasteiger partial charge in [0.1, 0.15) is 10.8 Å². The Labute approximate surface area is 189 Å². The maximum atomic E-state index is 13.6. The fourth-order valence-electron chi connectivity index (χ4n) is 3.92. The zero-order valence-corrected chi connectivity index (χ0v) is 19.0. The second-order valence-electron chi connectivity index (χ2n) is 8.94. The number of nitrogens with one attached hydrogen (secondary N) is 1. The first-order valence-electron chi connectivity index (χ1n) is 10.1. The summed E-state index contributed by atoms with van der Waals surface area (Å²) in [4.78, 5) is 18.3. The van der Waals surface area contributed by atoms with E-state index in [-0.39, 0.29) is 5.43 Å². The monoisotopic (exact) mass is 451 g/mol. The maximum Gasteiger partial charge on any atom is 0.201 e. The van der Waals surface area contributed by atoms with Crippen molar-refractivity contribution in [3.63, 3.8) is 0 Å². The van der Waals surface area contributed by atoms with Crippen LogP contribution in [0.5, 0.6) is 0 Å². The van der Waals surface area contributed by atoms with E-state index in [9.17, 15) is 9.90 Å². The quantitative estimate of drug-likeness (QED) is 0.416. The largest absolute Gasteiger partial charge is 0.369 e. The molecule has 158 valence electrons. The van der Waals surface area contributed by atoms with Crippen molar-refractivity contribution in [3.8, 4) is 21.8 Å². The van der Waals surface area contributed by atoms with E-state index >= 15 is 0 Å². The molecule has 1 aliphatic heterocycles. The van der Waals surface area contributed by atoms with E-state index in [1.807, 2.05) is 79.2 Å². The molecule has 0 saturated heterocycles. The van der Waals surface area contributed by atoms with Crippen LogP contribution in [0.3, 0.4) is 0 Å². The Morgan fingerprint density at radius 2 is 1.87 bits per heavy atom. The summed E-state index contributed by atoms with van der Waals surface area (Å²) in [6, 6.07) is 15.0. The van der Waals surface area contributed by atoms with Crippen LogP contribution in [0.2, 0.25) is 5.02 Å². The highest BCUT2D eigenvalue weighted by atomic mass is 35.5. The Kier molecular flexibility index (Phi) is 4.52. The molecule has 0 radical (unpaired) electrons. The van der Waals surface area contributed by atoms with Crippen molar-refractivity contribution in [2.24, 2.45) is 5.41 Å². The minimum atomic E-state index is -1.19. The Balaban J connectivity index is 1.73. The van der Waals surface area contributed by atoms with Gasteiger partial charge >= 0.3 is 0 Å². The van der Waals surface area contributed by atoms with Gasteiger partial charge in [-0.3, -0.25) is 4.79 Å². The number of fused-ring (bicyclic) bond motifs is 3. The highest BCUT2D eigenvalue weighted by Crippen LogP contribution is 2.43. The van der Waals surface area contributed by atoms with Crippen molar-refractivity contribution in [2.45, 2.75) is 33.0 Å². The molecule has 5 rings (SSSR count). The molecule has 2 N–H and O–H groups in total. The highest BCUT2D eigenvalue weighted by molar-refractivity contribution is 7.13. The summed E-state index contributed by atoms with van der Waals surface area (Å²) in [5.41, 5.74) is 1.27. The molecule has 0 fully saturated rings. The van der Waals surface area contributed by atoms with Crippen molar-refractivity contribution >= 4 is 39.7 Å². The average Bonchev–Trinajstić information content (AvgIpc) is 3.34. The standard InChI is InChI=1S/C24H22ClN3O2S/c1-23(2,3)24(30)13-28-18-7-5-4-6-16(18)20(29)19(21(28)27-24)22-26-17(12-31-22)14-8-10-15(25)11-9-14/h4-12,27,30H,13H2,1-3H3/t24-/m1/s1. The van der Waals surface area contributed by atoms with Crippen LogP contribution in [0.1, 0.15) is 20.8 Å². The van der Waals surface area contributed by atoms with E-state index in [1.54, 1.807) is 0 Å². The van der Waals surface area contributed by atoms with Crippen LogP contribution in [0.25, 0.3) is 32.7 Å². The second-order valence-corrected chi connectivity index (χ2v) is 10.2. The molecule has 5 nitrogen and oxygen atoms in total. The Bertz CT molecular complexity index is 1370. The summed E-state index contributed by atoms with van der Waals surface area (Å²) >= 11 is 7.43. The van der Waals surface area contributed by atoms with E-state index in [0.29, 0.717) is 33.3 Å². The Hall–Kier alpha value is -2.67. The van der Waals surface area contributed by atoms with Gasteiger partial charge in [0.05, 0.1) is 23.3 Å². The zero-order chi connectivity index (χ0) is 22.0. The fraction of sp³-hybridized carbons (Fsp3) is 0.250. The van der Waals surface area contributed by atoms with Gasteiger partial charge in [0.15, 0.2) is 5.72 Å². The summed E-state index contributed by atoms with van der Waals surface area (Å²) < 4.78 is 2.00. The van der Waals surface area contributed by atoms with Gasteiger partial charge in [0, 0.05) is 26.8 Å². The number of hydrogen-bond acceptors (Lipinski definition) is 5. The maximum absolute atomic E-state index is 13.6. The molecule has 7 heteroatoms. The summed E-state index contributed by atoms with van der Waals surface area (Å²) in [5.74, 6) is 0.609. The van der Waals surface area contributed by atoms with E-state index in [1.165, 1.54) is 11.3 Å². The lowest BCUT2D eigenvalue weighted by atomic mass is 9.83. The molecule has 0 aliphatic carbocycles. The molecule has 31 heavy (non-hydrogen) atoms. The van der Waals surface area contributed by atoms with Crippen LogP contribution in [-0.4, -0.2) is 20.4 Å². The smallest absolute Gasteiger partial charge is 0.201 e. The molecule has 0 saturated carbocycles. The highest BCUT2D eigenvalue weighted by Gasteiger charge is 2.46. The van der Waals surface area contributed by atoms with Gasteiger partial charge in [0.25, 0.3) is 0 Å². The first kappa shape index (κ1) is 20.2. The predicted molar refractivity (Wildman–Crippen MR) is 128 cm³/mol. The number of aliphatic hydroxyl groups is 1. The van der Waals surface area contributed by atoms with Gasteiger partial charge in [-0.1, -0.05) is 56.6 Å². The number of hydrogen-bond donors (Lipinski definition) is 2. The number of pyridine rings is 1. The third-order valence-electron chi connectivity index (χ3n) is 5.98. The molecule has 1 atom stereocenters. The number of halogens is 1. The molecule has 0 unspecified atom stereocenters.